The highest BCUT2D eigenvalue weighted by Gasteiger charge is 2.22. The SMILES string of the molecule is CCc1c(C)nc(C)nc1N1CCN(Cc2cc(C)no2)CC1. The van der Waals surface area contributed by atoms with Crippen LogP contribution in [0.25, 0.3) is 0 Å². The van der Waals surface area contributed by atoms with Crippen LogP contribution in [0.4, 0.5) is 5.82 Å². The van der Waals surface area contributed by atoms with Crippen molar-refractivity contribution in [3.8, 4) is 0 Å². The number of piperazine rings is 1. The molecular formula is C17H25N5O. The van der Waals surface area contributed by atoms with Gasteiger partial charge >= 0.3 is 0 Å². The van der Waals surface area contributed by atoms with Gasteiger partial charge in [-0.05, 0) is 27.2 Å². The van der Waals surface area contributed by atoms with Crippen LogP contribution in [0.15, 0.2) is 10.6 Å². The van der Waals surface area contributed by atoms with Crippen molar-refractivity contribution in [1.29, 1.82) is 0 Å². The molecule has 0 amide bonds. The number of hydrogen-bond acceptors (Lipinski definition) is 6. The molecule has 1 aliphatic rings. The summed E-state index contributed by atoms with van der Waals surface area (Å²) < 4.78 is 5.32. The molecule has 2 aromatic heterocycles. The molecule has 1 aliphatic heterocycles. The maximum absolute atomic E-state index is 5.32. The quantitative estimate of drug-likeness (QED) is 0.863. The van der Waals surface area contributed by atoms with E-state index in [4.69, 9.17) is 9.51 Å². The van der Waals surface area contributed by atoms with Crippen LogP contribution in [0, 0.1) is 20.8 Å². The van der Waals surface area contributed by atoms with Gasteiger partial charge in [0.25, 0.3) is 0 Å². The van der Waals surface area contributed by atoms with E-state index in [-0.39, 0.29) is 0 Å². The van der Waals surface area contributed by atoms with Crippen molar-refractivity contribution in [3.05, 3.63) is 34.6 Å². The van der Waals surface area contributed by atoms with E-state index in [0.717, 1.165) is 67.9 Å². The summed E-state index contributed by atoms with van der Waals surface area (Å²) in [7, 11) is 0. The lowest BCUT2D eigenvalue weighted by Gasteiger charge is -2.36. The fourth-order valence-electron chi connectivity index (χ4n) is 3.22. The lowest BCUT2D eigenvalue weighted by Crippen LogP contribution is -2.46. The zero-order valence-corrected chi connectivity index (χ0v) is 14.5. The number of aromatic nitrogens is 3. The van der Waals surface area contributed by atoms with Gasteiger partial charge in [0.1, 0.15) is 11.6 Å². The Kier molecular flexibility index (Phi) is 4.61. The topological polar surface area (TPSA) is 58.3 Å². The lowest BCUT2D eigenvalue weighted by molar-refractivity contribution is 0.219. The van der Waals surface area contributed by atoms with Crippen molar-refractivity contribution < 1.29 is 4.52 Å². The fraction of sp³-hybridized carbons (Fsp3) is 0.588. The Labute approximate surface area is 137 Å². The van der Waals surface area contributed by atoms with Crippen LogP contribution >= 0.6 is 0 Å². The maximum Gasteiger partial charge on any atom is 0.150 e. The molecule has 6 heteroatoms. The molecule has 0 aliphatic carbocycles. The minimum atomic E-state index is 0.831. The minimum absolute atomic E-state index is 0.831. The largest absolute Gasteiger partial charge is 0.360 e. The first-order valence-corrected chi connectivity index (χ1v) is 8.30. The second-order valence-corrected chi connectivity index (χ2v) is 6.21. The summed E-state index contributed by atoms with van der Waals surface area (Å²) in [5.41, 5.74) is 3.32. The molecule has 0 spiro atoms. The highest BCUT2D eigenvalue weighted by molar-refractivity contribution is 5.49. The Morgan fingerprint density at radius 3 is 2.43 bits per heavy atom. The molecule has 1 fully saturated rings. The van der Waals surface area contributed by atoms with E-state index < -0.39 is 0 Å². The molecule has 0 radical (unpaired) electrons. The molecule has 0 N–H and O–H groups in total. The number of rotatable bonds is 4. The van der Waals surface area contributed by atoms with E-state index in [1.54, 1.807) is 0 Å². The van der Waals surface area contributed by atoms with Gasteiger partial charge in [0.2, 0.25) is 0 Å². The van der Waals surface area contributed by atoms with Crippen LogP contribution in [-0.2, 0) is 13.0 Å². The van der Waals surface area contributed by atoms with Crippen LogP contribution in [-0.4, -0.2) is 46.2 Å². The molecule has 3 heterocycles. The molecule has 0 atom stereocenters. The summed E-state index contributed by atoms with van der Waals surface area (Å²) in [6.07, 6.45) is 0.971. The van der Waals surface area contributed by atoms with Gasteiger partial charge in [0.15, 0.2) is 5.76 Å². The van der Waals surface area contributed by atoms with Crippen molar-refractivity contribution in [2.45, 2.75) is 40.7 Å². The normalized spacial score (nSPS) is 16.1. The zero-order chi connectivity index (χ0) is 16.4. The summed E-state index contributed by atoms with van der Waals surface area (Å²) in [5, 5.41) is 3.96. The average molecular weight is 315 g/mol. The van der Waals surface area contributed by atoms with E-state index in [9.17, 15) is 0 Å². The molecule has 0 saturated carbocycles. The zero-order valence-electron chi connectivity index (χ0n) is 14.5. The van der Waals surface area contributed by atoms with E-state index in [1.807, 2.05) is 19.9 Å². The Balaban J connectivity index is 1.67. The number of anilines is 1. The summed E-state index contributed by atoms with van der Waals surface area (Å²) in [6, 6.07) is 2.01. The van der Waals surface area contributed by atoms with Crippen molar-refractivity contribution in [2.24, 2.45) is 0 Å². The maximum atomic E-state index is 5.32. The predicted molar refractivity (Wildman–Crippen MR) is 89.6 cm³/mol. The Bertz CT molecular complexity index is 674. The summed E-state index contributed by atoms with van der Waals surface area (Å²) in [4.78, 5) is 14.0. The van der Waals surface area contributed by atoms with Gasteiger partial charge in [-0.25, -0.2) is 9.97 Å². The molecule has 2 aromatic rings. The Morgan fingerprint density at radius 2 is 1.83 bits per heavy atom. The second-order valence-electron chi connectivity index (χ2n) is 6.21. The molecule has 1 saturated heterocycles. The number of nitrogens with zero attached hydrogens (tertiary/aromatic N) is 5. The highest BCUT2D eigenvalue weighted by atomic mass is 16.5. The van der Waals surface area contributed by atoms with Crippen LogP contribution in [0.3, 0.4) is 0 Å². The standard InChI is InChI=1S/C17H25N5O/c1-5-16-13(3)18-14(4)19-17(16)22-8-6-21(7-9-22)11-15-10-12(2)20-23-15/h10H,5-9,11H2,1-4H3. The van der Waals surface area contributed by atoms with Crippen LogP contribution < -0.4 is 4.90 Å². The van der Waals surface area contributed by atoms with Crippen molar-refractivity contribution in [3.63, 3.8) is 0 Å². The number of hydrogen-bond donors (Lipinski definition) is 0. The lowest BCUT2D eigenvalue weighted by atomic mass is 10.1. The minimum Gasteiger partial charge on any atom is -0.360 e. The first-order valence-electron chi connectivity index (χ1n) is 8.30. The Morgan fingerprint density at radius 1 is 1.09 bits per heavy atom. The summed E-state index contributed by atoms with van der Waals surface area (Å²) >= 11 is 0. The fourth-order valence-corrected chi connectivity index (χ4v) is 3.22. The van der Waals surface area contributed by atoms with Crippen molar-refractivity contribution in [2.75, 3.05) is 31.1 Å². The van der Waals surface area contributed by atoms with Gasteiger partial charge in [0, 0.05) is 43.5 Å². The van der Waals surface area contributed by atoms with E-state index in [2.05, 4.69) is 33.8 Å². The van der Waals surface area contributed by atoms with E-state index in [1.165, 1.54) is 5.56 Å². The van der Waals surface area contributed by atoms with E-state index in [0.29, 0.717) is 0 Å². The smallest absolute Gasteiger partial charge is 0.150 e. The average Bonchev–Trinajstić information content (AvgIpc) is 2.92. The third-order valence-corrected chi connectivity index (χ3v) is 4.39. The van der Waals surface area contributed by atoms with Crippen molar-refractivity contribution in [1.82, 2.24) is 20.0 Å². The molecular weight excluding hydrogens is 290 g/mol. The first-order chi connectivity index (χ1) is 11.1. The van der Waals surface area contributed by atoms with Crippen LogP contribution in [0.2, 0.25) is 0 Å². The summed E-state index contributed by atoms with van der Waals surface area (Å²) in [5.74, 6) is 2.92. The summed E-state index contributed by atoms with van der Waals surface area (Å²) in [6.45, 7) is 13.0. The second kappa shape index (κ2) is 6.66. The third kappa shape index (κ3) is 3.52. The predicted octanol–water partition coefficient (Wildman–Crippen LogP) is 2.27. The van der Waals surface area contributed by atoms with Crippen LogP contribution in [0.5, 0.6) is 0 Å². The molecule has 0 unspecified atom stereocenters. The molecule has 3 rings (SSSR count). The van der Waals surface area contributed by atoms with Gasteiger partial charge < -0.3 is 9.42 Å². The van der Waals surface area contributed by atoms with Gasteiger partial charge in [-0.15, -0.1) is 0 Å². The molecule has 23 heavy (non-hydrogen) atoms. The highest BCUT2D eigenvalue weighted by Crippen LogP contribution is 2.23. The van der Waals surface area contributed by atoms with Gasteiger partial charge in [0.05, 0.1) is 12.2 Å². The molecule has 124 valence electrons. The monoisotopic (exact) mass is 315 g/mol. The third-order valence-electron chi connectivity index (χ3n) is 4.39. The van der Waals surface area contributed by atoms with Gasteiger partial charge in [-0.2, -0.15) is 0 Å². The molecule has 0 bridgehead atoms. The van der Waals surface area contributed by atoms with Gasteiger partial charge in [-0.1, -0.05) is 12.1 Å². The van der Waals surface area contributed by atoms with E-state index >= 15 is 0 Å². The Hall–Kier alpha value is -1.95. The number of aryl methyl sites for hydroxylation is 3. The van der Waals surface area contributed by atoms with Crippen molar-refractivity contribution >= 4 is 5.82 Å². The molecule has 0 aromatic carbocycles. The first kappa shape index (κ1) is 15.9. The van der Waals surface area contributed by atoms with Gasteiger partial charge in [-0.3, -0.25) is 4.90 Å². The molecule has 6 nitrogen and oxygen atoms in total. The van der Waals surface area contributed by atoms with Crippen LogP contribution in [0.1, 0.15) is 35.5 Å².